The van der Waals surface area contributed by atoms with Gasteiger partial charge >= 0.3 is 5.97 Å². The molecule has 0 atom stereocenters. The van der Waals surface area contributed by atoms with E-state index in [-0.39, 0.29) is 5.69 Å². The molecule has 0 radical (unpaired) electrons. The Hall–Kier alpha value is -1.29. The fourth-order valence-corrected chi connectivity index (χ4v) is 2.34. The summed E-state index contributed by atoms with van der Waals surface area (Å²) >= 11 is 3.40. The number of aromatic nitrogens is 1. The van der Waals surface area contributed by atoms with E-state index in [1.54, 1.807) is 0 Å². The van der Waals surface area contributed by atoms with E-state index in [0.29, 0.717) is 0 Å². The van der Waals surface area contributed by atoms with Crippen molar-refractivity contribution in [1.82, 2.24) is 4.98 Å². The quantitative estimate of drug-likeness (QED) is 0.834. The van der Waals surface area contributed by atoms with Crippen molar-refractivity contribution in [2.45, 2.75) is 13.8 Å². The molecule has 4 heteroatoms. The van der Waals surface area contributed by atoms with Gasteiger partial charge in [0.15, 0.2) is 0 Å². The van der Waals surface area contributed by atoms with Crippen LogP contribution in [-0.2, 0) is 0 Å². The van der Waals surface area contributed by atoms with E-state index >= 15 is 0 Å². The lowest BCUT2D eigenvalue weighted by Crippen LogP contribution is -1.98. The number of aromatic carboxylic acids is 1. The van der Waals surface area contributed by atoms with Crippen molar-refractivity contribution in [3.8, 4) is 0 Å². The van der Waals surface area contributed by atoms with Gasteiger partial charge in [0.25, 0.3) is 0 Å². The van der Waals surface area contributed by atoms with E-state index in [1.165, 1.54) is 0 Å². The molecule has 2 rings (SSSR count). The summed E-state index contributed by atoms with van der Waals surface area (Å²) in [6, 6.07) is 3.89. The van der Waals surface area contributed by atoms with Crippen LogP contribution in [0.2, 0.25) is 0 Å². The number of halogens is 1. The Morgan fingerprint density at radius 2 is 2.07 bits per heavy atom. The van der Waals surface area contributed by atoms with Crippen molar-refractivity contribution >= 4 is 32.8 Å². The molecule has 78 valence electrons. The van der Waals surface area contributed by atoms with E-state index in [4.69, 9.17) is 5.11 Å². The fourth-order valence-electron chi connectivity index (χ4n) is 1.77. The van der Waals surface area contributed by atoms with Gasteiger partial charge in [0.05, 0.1) is 0 Å². The molecule has 0 fully saturated rings. The molecule has 15 heavy (non-hydrogen) atoms. The third-order valence-corrected chi connectivity index (χ3v) is 3.00. The van der Waals surface area contributed by atoms with Gasteiger partial charge in [-0.2, -0.15) is 0 Å². The van der Waals surface area contributed by atoms with Gasteiger partial charge in [-0.25, -0.2) is 4.79 Å². The monoisotopic (exact) mass is 267 g/mol. The van der Waals surface area contributed by atoms with E-state index in [1.807, 2.05) is 26.0 Å². The second-order valence-corrected chi connectivity index (χ2v) is 4.49. The van der Waals surface area contributed by atoms with Gasteiger partial charge in [-0.1, -0.05) is 15.9 Å². The van der Waals surface area contributed by atoms with Gasteiger partial charge < -0.3 is 10.1 Å². The van der Waals surface area contributed by atoms with Crippen LogP contribution >= 0.6 is 15.9 Å². The Balaban J connectivity index is 2.88. The highest BCUT2D eigenvalue weighted by Crippen LogP contribution is 2.28. The minimum atomic E-state index is -0.917. The molecule has 0 bridgehead atoms. The lowest BCUT2D eigenvalue weighted by Gasteiger charge is -1.97. The number of carboxylic acid groups (broad SMARTS) is 1. The summed E-state index contributed by atoms with van der Waals surface area (Å²) in [5.41, 5.74) is 2.98. The van der Waals surface area contributed by atoms with Crippen molar-refractivity contribution in [3.63, 3.8) is 0 Å². The number of nitrogens with one attached hydrogen (secondary N) is 1. The molecule has 0 aliphatic carbocycles. The van der Waals surface area contributed by atoms with Gasteiger partial charge in [0.1, 0.15) is 5.69 Å². The molecule has 0 amide bonds. The molecule has 0 unspecified atom stereocenters. The van der Waals surface area contributed by atoms with Crippen LogP contribution in [0.25, 0.3) is 10.9 Å². The van der Waals surface area contributed by atoms with Gasteiger partial charge in [-0.3, -0.25) is 0 Å². The predicted octanol–water partition coefficient (Wildman–Crippen LogP) is 3.25. The van der Waals surface area contributed by atoms with E-state index in [0.717, 1.165) is 26.5 Å². The van der Waals surface area contributed by atoms with Crippen LogP contribution in [0.15, 0.2) is 16.6 Å². The second-order valence-electron chi connectivity index (χ2n) is 3.58. The van der Waals surface area contributed by atoms with Crippen LogP contribution in [0.3, 0.4) is 0 Å². The third kappa shape index (κ3) is 1.55. The van der Waals surface area contributed by atoms with Crippen molar-refractivity contribution in [3.05, 3.63) is 33.4 Å². The third-order valence-electron chi connectivity index (χ3n) is 2.54. The van der Waals surface area contributed by atoms with Crippen molar-refractivity contribution in [2.75, 3.05) is 0 Å². The average molecular weight is 268 g/mol. The number of aromatic amines is 1. The summed E-state index contributed by atoms with van der Waals surface area (Å²) in [5.74, 6) is -0.917. The molecular formula is C11H10BrNO2. The molecule has 1 aromatic heterocycles. The maximum atomic E-state index is 10.9. The smallest absolute Gasteiger partial charge is 0.352 e. The minimum Gasteiger partial charge on any atom is -0.477 e. The first-order chi connectivity index (χ1) is 7.00. The zero-order chi connectivity index (χ0) is 11.2. The summed E-state index contributed by atoms with van der Waals surface area (Å²) in [6.45, 7) is 3.77. The lowest BCUT2D eigenvalue weighted by atomic mass is 10.1. The Kier molecular flexibility index (Phi) is 2.31. The number of rotatable bonds is 1. The van der Waals surface area contributed by atoms with Gasteiger partial charge in [0.2, 0.25) is 0 Å². The zero-order valence-electron chi connectivity index (χ0n) is 8.39. The summed E-state index contributed by atoms with van der Waals surface area (Å²) < 4.78 is 0.964. The highest BCUT2D eigenvalue weighted by Gasteiger charge is 2.14. The molecule has 3 nitrogen and oxygen atoms in total. The first-order valence-corrected chi connectivity index (χ1v) is 5.31. The molecular weight excluding hydrogens is 258 g/mol. The van der Waals surface area contributed by atoms with Crippen LogP contribution in [-0.4, -0.2) is 16.1 Å². The number of carbonyl (C=O) groups is 1. The van der Waals surface area contributed by atoms with Crippen LogP contribution in [0, 0.1) is 13.8 Å². The number of benzene rings is 1. The maximum absolute atomic E-state index is 10.9. The fraction of sp³-hybridized carbons (Fsp3) is 0.182. The largest absolute Gasteiger partial charge is 0.477 e. The van der Waals surface area contributed by atoms with Crippen molar-refractivity contribution in [2.24, 2.45) is 0 Å². The molecule has 0 saturated heterocycles. The topological polar surface area (TPSA) is 53.1 Å². The first kappa shape index (κ1) is 10.2. The number of hydrogen-bond donors (Lipinski definition) is 2. The maximum Gasteiger partial charge on any atom is 0.352 e. The summed E-state index contributed by atoms with van der Waals surface area (Å²) in [5, 5.41) is 9.94. The highest BCUT2D eigenvalue weighted by molar-refractivity contribution is 9.10. The second kappa shape index (κ2) is 3.38. The Morgan fingerprint density at radius 3 is 2.67 bits per heavy atom. The van der Waals surface area contributed by atoms with Crippen LogP contribution in [0.1, 0.15) is 21.6 Å². The van der Waals surface area contributed by atoms with Crippen LogP contribution < -0.4 is 0 Å². The van der Waals surface area contributed by atoms with Gasteiger partial charge in [0, 0.05) is 15.4 Å². The molecule has 0 saturated carbocycles. The standard InChI is InChI=1S/C11H10BrNO2/c1-5-3-7(12)4-8-6(2)10(11(14)15)13-9(5)8/h3-4,13H,1-2H3,(H,14,15). The lowest BCUT2D eigenvalue weighted by molar-refractivity contribution is 0.0691. The normalized spacial score (nSPS) is 10.9. The summed E-state index contributed by atoms with van der Waals surface area (Å²) in [4.78, 5) is 13.9. The van der Waals surface area contributed by atoms with Crippen LogP contribution in [0.5, 0.6) is 0 Å². The molecule has 1 aromatic carbocycles. The SMILES string of the molecule is Cc1c(C(=O)O)[nH]c2c(C)cc(Br)cc12. The molecule has 2 N–H and O–H groups in total. The Bertz CT molecular complexity index is 557. The molecule has 0 aliphatic rings. The van der Waals surface area contributed by atoms with Gasteiger partial charge in [-0.15, -0.1) is 0 Å². The van der Waals surface area contributed by atoms with E-state index < -0.39 is 5.97 Å². The number of fused-ring (bicyclic) bond motifs is 1. The molecule has 2 aromatic rings. The number of carboxylic acids is 1. The molecule has 0 aliphatic heterocycles. The Labute approximate surface area is 95.2 Å². The first-order valence-electron chi connectivity index (χ1n) is 4.52. The average Bonchev–Trinajstić information content (AvgIpc) is 2.44. The molecule has 0 spiro atoms. The van der Waals surface area contributed by atoms with Gasteiger partial charge in [-0.05, 0) is 37.1 Å². The summed E-state index contributed by atoms with van der Waals surface area (Å²) in [6.07, 6.45) is 0. The number of aryl methyl sites for hydroxylation is 2. The van der Waals surface area contributed by atoms with Crippen LogP contribution in [0.4, 0.5) is 0 Å². The zero-order valence-corrected chi connectivity index (χ0v) is 9.97. The predicted molar refractivity (Wildman–Crippen MR) is 62.4 cm³/mol. The van der Waals surface area contributed by atoms with Crippen molar-refractivity contribution in [1.29, 1.82) is 0 Å². The Morgan fingerprint density at radius 1 is 1.40 bits per heavy atom. The van der Waals surface area contributed by atoms with E-state index in [2.05, 4.69) is 20.9 Å². The highest BCUT2D eigenvalue weighted by atomic mass is 79.9. The number of H-pyrrole nitrogens is 1. The minimum absolute atomic E-state index is 0.270. The number of hydrogen-bond acceptors (Lipinski definition) is 1. The van der Waals surface area contributed by atoms with Crippen molar-refractivity contribution < 1.29 is 9.90 Å². The van der Waals surface area contributed by atoms with E-state index in [9.17, 15) is 4.79 Å². The molecule has 1 heterocycles. The summed E-state index contributed by atoms with van der Waals surface area (Å²) in [7, 11) is 0.